The lowest BCUT2D eigenvalue weighted by Crippen LogP contribution is -2.44. The molecule has 1 rings (SSSR count). The van der Waals surface area contributed by atoms with Crippen LogP contribution in [0.3, 0.4) is 0 Å². The van der Waals surface area contributed by atoms with E-state index in [1.54, 1.807) is 7.05 Å². The molecule has 0 aliphatic carbocycles. The van der Waals surface area contributed by atoms with Crippen molar-refractivity contribution in [1.82, 2.24) is 16.0 Å². The minimum Gasteiger partial charge on any atom is -0.489 e. The predicted molar refractivity (Wildman–Crippen MR) is 105 cm³/mol. The number of alkyl carbamates (subject to hydrolysis) is 1. The molecule has 0 aromatic heterocycles. The van der Waals surface area contributed by atoms with E-state index in [-0.39, 0.29) is 6.10 Å². The number of aliphatic imine (C=N–C) groups is 1. The van der Waals surface area contributed by atoms with Crippen molar-refractivity contribution in [3.8, 4) is 5.75 Å². The summed E-state index contributed by atoms with van der Waals surface area (Å²) in [6, 6.07) is 7.96. The first-order valence-electron chi connectivity index (χ1n) is 8.84. The monoisotopic (exact) mass is 364 g/mol. The first-order valence-corrected chi connectivity index (χ1v) is 8.84. The number of hydrogen-bond donors (Lipinski definition) is 3. The van der Waals surface area contributed by atoms with Gasteiger partial charge in [0.1, 0.15) is 17.5 Å². The van der Waals surface area contributed by atoms with Crippen LogP contribution in [0.15, 0.2) is 29.3 Å². The third-order valence-electron chi connectivity index (χ3n) is 3.19. The number of ether oxygens (including phenoxy) is 2. The van der Waals surface area contributed by atoms with E-state index in [1.165, 1.54) is 0 Å². The van der Waals surface area contributed by atoms with Gasteiger partial charge in [-0.3, -0.25) is 4.99 Å². The number of hydrogen-bond acceptors (Lipinski definition) is 4. The molecule has 0 heterocycles. The van der Waals surface area contributed by atoms with Crippen molar-refractivity contribution in [3.05, 3.63) is 29.8 Å². The van der Waals surface area contributed by atoms with Crippen molar-refractivity contribution in [2.75, 3.05) is 26.7 Å². The van der Waals surface area contributed by atoms with E-state index in [4.69, 9.17) is 9.47 Å². The summed E-state index contributed by atoms with van der Waals surface area (Å²) in [6.45, 7) is 11.1. The van der Waals surface area contributed by atoms with Gasteiger partial charge in [0.2, 0.25) is 0 Å². The van der Waals surface area contributed by atoms with Crippen LogP contribution in [0.1, 0.15) is 33.3 Å². The average Bonchev–Trinajstić information content (AvgIpc) is 2.52. The Morgan fingerprint density at radius 1 is 1.19 bits per heavy atom. The summed E-state index contributed by atoms with van der Waals surface area (Å²) in [5.41, 5.74) is 0.667. The number of benzene rings is 1. The van der Waals surface area contributed by atoms with Gasteiger partial charge in [0.05, 0.1) is 6.54 Å². The fourth-order valence-electron chi connectivity index (χ4n) is 2.08. The lowest BCUT2D eigenvalue weighted by atomic mass is 10.2. The molecule has 0 saturated carbocycles. The quantitative estimate of drug-likeness (QED) is 0.393. The standard InChI is InChI=1S/C19H32N4O3/c1-14-8-7-9-16(12-14)25-15(2)13-23-17(20-6)21-10-11-22-18(24)26-19(3,4)5/h7-9,12,15H,10-11,13H2,1-6H3,(H,22,24)(H2,20,21,23). The molecule has 0 saturated heterocycles. The molecule has 146 valence electrons. The summed E-state index contributed by atoms with van der Waals surface area (Å²) in [6.07, 6.45) is -0.447. The second-order valence-corrected chi connectivity index (χ2v) is 7.05. The fourth-order valence-corrected chi connectivity index (χ4v) is 2.08. The third-order valence-corrected chi connectivity index (χ3v) is 3.19. The van der Waals surface area contributed by atoms with Crippen LogP contribution in [0.2, 0.25) is 0 Å². The van der Waals surface area contributed by atoms with Gasteiger partial charge < -0.3 is 25.4 Å². The van der Waals surface area contributed by atoms with Gasteiger partial charge in [-0.25, -0.2) is 4.79 Å². The Bertz CT molecular complexity index is 597. The van der Waals surface area contributed by atoms with Gasteiger partial charge >= 0.3 is 6.09 Å². The minimum absolute atomic E-state index is 0.0183. The topological polar surface area (TPSA) is 84.0 Å². The highest BCUT2D eigenvalue weighted by atomic mass is 16.6. The Hall–Kier alpha value is -2.44. The van der Waals surface area contributed by atoms with Crippen molar-refractivity contribution in [2.24, 2.45) is 4.99 Å². The van der Waals surface area contributed by atoms with Crippen molar-refractivity contribution in [3.63, 3.8) is 0 Å². The molecule has 0 spiro atoms. The van der Waals surface area contributed by atoms with Gasteiger partial charge in [0.25, 0.3) is 0 Å². The first kappa shape index (κ1) is 21.6. The molecule has 1 atom stereocenters. The number of nitrogens with zero attached hydrogens (tertiary/aromatic N) is 1. The molecule has 26 heavy (non-hydrogen) atoms. The Kier molecular flexibility index (Phi) is 8.75. The molecule has 7 nitrogen and oxygen atoms in total. The van der Waals surface area contributed by atoms with Crippen molar-refractivity contribution in [1.29, 1.82) is 0 Å². The van der Waals surface area contributed by atoms with Gasteiger partial charge in [-0.2, -0.15) is 0 Å². The second kappa shape index (κ2) is 10.5. The van der Waals surface area contributed by atoms with E-state index in [0.29, 0.717) is 25.6 Å². The highest BCUT2D eigenvalue weighted by Crippen LogP contribution is 2.13. The minimum atomic E-state index is -0.497. The highest BCUT2D eigenvalue weighted by Gasteiger charge is 2.15. The zero-order valence-electron chi connectivity index (χ0n) is 16.7. The van der Waals surface area contributed by atoms with Gasteiger partial charge in [-0.05, 0) is 52.3 Å². The van der Waals surface area contributed by atoms with E-state index < -0.39 is 11.7 Å². The molecular formula is C19H32N4O3. The average molecular weight is 364 g/mol. The molecule has 0 bridgehead atoms. The summed E-state index contributed by atoms with van der Waals surface area (Å²) in [5, 5.41) is 9.02. The number of rotatable bonds is 7. The van der Waals surface area contributed by atoms with E-state index in [9.17, 15) is 4.79 Å². The molecule has 1 aromatic rings. The number of amides is 1. The molecule has 0 fully saturated rings. The van der Waals surface area contributed by atoms with E-state index in [0.717, 1.165) is 11.3 Å². The molecule has 1 amide bonds. The van der Waals surface area contributed by atoms with Crippen LogP contribution in [0.25, 0.3) is 0 Å². The Morgan fingerprint density at radius 3 is 2.50 bits per heavy atom. The number of carbonyl (C=O) groups is 1. The molecule has 1 aromatic carbocycles. The smallest absolute Gasteiger partial charge is 0.407 e. The van der Waals surface area contributed by atoms with Gasteiger partial charge in [-0.1, -0.05) is 12.1 Å². The molecular weight excluding hydrogens is 332 g/mol. The van der Waals surface area contributed by atoms with Crippen LogP contribution < -0.4 is 20.7 Å². The highest BCUT2D eigenvalue weighted by molar-refractivity contribution is 5.79. The number of guanidine groups is 1. The van der Waals surface area contributed by atoms with Crippen LogP contribution >= 0.6 is 0 Å². The molecule has 1 unspecified atom stereocenters. The van der Waals surface area contributed by atoms with Crippen LogP contribution in [0, 0.1) is 6.92 Å². The summed E-state index contributed by atoms with van der Waals surface area (Å²) in [4.78, 5) is 15.7. The Labute approximate surface area is 156 Å². The van der Waals surface area contributed by atoms with Crippen LogP contribution in [0.5, 0.6) is 5.75 Å². The van der Waals surface area contributed by atoms with Crippen molar-refractivity contribution >= 4 is 12.1 Å². The Balaban J connectivity index is 2.25. The van der Waals surface area contributed by atoms with E-state index in [1.807, 2.05) is 58.9 Å². The molecule has 0 aliphatic rings. The molecule has 3 N–H and O–H groups in total. The maximum Gasteiger partial charge on any atom is 0.407 e. The lowest BCUT2D eigenvalue weighted by molar-refractivity contribution is 0.0529. The zero-order chi connectivity index (χ0) is 19.6. The SMILES string of the molecule is CN=C(NCCNC(=O)OC(C)(C)C)NCC(C)Oc1cccc(C)c1. The summed E-state index contributed by atoms with van der Waals surface area (Å²) >= 11 is 0. The van der Waals surface area contributed by atoms with Gasteiger partial charge in [0, 0.05) is 20.1 Å². The maximum atomic E-state index is 11.6. The number of nitrogens with one attached hydrogen (secondary N) is 3. The van der Waals surface area contributed by atoms with Crippen LogP contribution in [0.4, 0.5) is 4.79 Å². The number of aryl methyl sites for hydroxylation is 1. The normalized spacial score (nSPS) is 12.9. The predicted octanol–water partition coefficient (Wildman–Crippen LogP) is 2.45. The number of carbonyl (C=O) groups excluding carboxylic acids is 1. The molecule has 0 aliphatic heterocycles. The maximum absolute atomic E-state index is 11.6. The Morgan fingerprint density at radius 2 is 1.88 bits per heavy atom. The first-order chi connectivity index (χ1) is 12.2. The van der Waals surface area contributed by atoms with Gasteiger partial charge in [-0.15, -0.1) is 0 Å². The summed E-state index contributed by atoms with van der Waals surface area (Å²) in [5.74, 6) is 1.50. The second-order valence-electron chi connectivity index (χ2n) is 7.05. The summed E-state index contributed by atoms with van der Waals surface area (Å²) in [7, 11) is 1.70. The van der Waals surface area contributed by atoms with Crippen LogP contribution in [-0.4, -0.2) is 50.4 Å². The third kappa shape index (κ3) is 9.76. The fraction of sp³-hybridized carbons (Fsp3) is 0.579. The molecule has 7 heteroatoms. The lowest BCUT2D eigenvalue weighted by Gasteiger charge is -2.20. The van der Waals surface area contributed by atoms with E-state index in [2.05, 4.69) is 20.9 Å². The van der Waals surface area contributed by atoms with Gasteiger partial charge in [0.15, 0.2) is 5.96 Å². The zero-order valence-corrected chi connectivity index (χ0v) is 16.7. The van der Waals surface area contributed by atoms with E-state index >= 15 is 0 Å². The largest absolute Gasteiger partial charge is 0.489 e. The van der Waals surface area contributed by atoms with Crippen molar-refractivity contribution in [2.45, 2.75) is 46.3 Å². The van der Waals surface area contributed by atoms with Crippen molar-refractivity contribution < 1.29 is 14.3 Å². The van der Waals surface area contributed by atoms with Crippen LogP contribution in [-0.2, 0) is 4.74 Å². The molecule has 0 radical (unpaired) electrons. The summed E-state index contributed by atoms with van der Waals surface area (Å²) < 4.78 is 11.0.